The summed E-state index contributed by atoms with van der Waals surface area (Å²) in [6.07, 6.45) is 2.37. The number of benzene rings is 2. The molecule has 0 atom stereocenters. The second-order valence-electron chi connectivity index (χ2n) is 7.11. The van der Waals surface area contributed by atoms with Crippen molar-refractivity contribution in [1.82, 2.24) is 8.87 Å². The van der Waals surface area contributed by atoms with Gasteiger partial charge in [-0.15, -0.1) is 0 Å². The smallest absolute Gasteiger partial charge is 0.268 e. The Labute approximate surface area is 177 Å². The minimum Gasteiger partial charge on any atom is -0.494 e. The molecule has 0 amide bonds. The number of likely N-dealkylation sites (N-methyl/N-ethyl adjacent to an activating group) is 1. The average Bonchev–Trinajstić information content (AvgIpc) is 3.05. The number of halogens is 1. The zero-order chi connectivity index (χ0) is 21.2. The molecule has 156 valence electrons. The molecule has 0 unspecified atom stereocenters. The van der Waals surface area contributed by atoms with Crippen molar-refractivity contribution in [1.29, 1.82) is 0 Å². The number of nitrogens with zero attached hydrogens (tertiary/aromatic N) is 2. The van der Waals surface area contributed by atoms with Gasteiger partial charge >= 0.3 is 0 Å². The number of aryl methyl sites for hydroxylation is 1. The fourth-order valence-corrected chi connectivity index (χ4v) is 4.88. The van der Waals surface area contributed by atoms with E-state index in [0.29, 0.717) is 28.5 Å². The van der Waals surface area contributed by atoms with Crippen LogP contribution in [0.5, 0.6) is 5.75 Å². The van der Waals surface area contributed by atoms with Crippen molar-refractivity contribution in [3.8, 4) is 5.75 Å². The Morgan fingerprint density at radius 3 is 2.59 bits per heavy atom. The minimum atomic E-state index is -3.86. The molecule has 1 N–H and O–H groups in total. The van der Waals surface area contributed by atoms with E-state index in [-0.39, 0.29) is 4.90 Å². The number of aromatic nitrogens is 1. The van der Waals surface area contributed by atoms with E-state index in [1.807, 2.05) is 37.2 Å². The second kappa shape index (κ2) is 8.65. The lowest BCUT2D eigenvalue weighted by Crippen LogP contribution is -2.21. The maximum absolute atomic E-state index is 13.4. The Bertz CT molecular complexity index is 1120. The minimum absolute atomic E-state index is 0.122. The SMILES string of the molecule is CCc1ccc2c(c1)c(OC)cn2S(=O)(=O)c1cc(Cl)cc(NCCN(C)C)c1. The fraction of sp³-hybridized carbons (Fsp3) is 0.333. The van der Waals surface area contributed by atoms with Gasteiger partial charge in [-0.2, -0.15) is 0 Å². The van der Waals surface area contributed by atoms with Gasteiger partial charge in [0, 0.05) is 29.2 Å². The van der Waals surface area contributed by atoms with Gasteiger partial charge in [-0.05, 0) is 56.4 Å². The molecule has 0 saturated heterocycles. The second-order valence-corrected chi connectivity index (χ2v) is 9.36. The summed E-state index contributed by atoms with van der Waals surface area (Å²) in [6.45, 7) is 3.54. The lowest BCUT2D eigenvalue weighted by atomic mass is 10.1. The quantitative estimate of drug-likeness (QED) is 0.577. The number of anilines is 1. The Morgan fingerprint density at radius 2 is 1.93 bits per heavy atom. The van der Waals surface area contributed by atoms with Crippen molar-refractivity contribution in [3.05, 3.63) is 53.2 Å². The summed E-state index contributed by atoms with van der Waals surface area (Å²) in [5.41, 5.74) is 2.34. The number of ether oxygens (including phenoxy) is 1. The van der Waals surface area contributed by atoms with Crippen molar-refractivity contribution in [2.75, 3.05) is 39.6 Å². The number of nitrogens with one attached hydrogen (secondary N) is 1. The van der Waals surface area contributed by atoms with Crippen molar-refractivity contribution in [3.63, 3.8) is 0 Å². The maximum atomic E-state index is 13.4. The predicted octanol–water partition coefficient (Wildman–Crippen LogP) is 4.08. The Morgan fingerprint density at radius 1 is 1.17 bits per heavy atom. The van der Waals surface area contributed by atoms with Crippen LogP contribution < -0.4 is 10.1 Å². The largest absolute Gasteiger partial charge is 0.494 e. The molecule has 0 aliphatic heterocycles. The van der Waals surface area contributed by atoms with Crippen molar-refractivity contribution >= 4 is 38.2 Å². The third-order valence-corrected chi connectivity index (χ3v) is 6.61. The van der Waals surface area contributed by atoms with Crippen molar-refractivity contribution < 1.29 is 13.2 Å². The van der Waals surface area contributed by atoms with Crippen LogP contribution in [0.15, 0.2) is 47.5 Å². The van der Waals surface area contributed by atoms with Crippen LogP contribution in [0.2, 0.25) is 5.02 Å². The summed E-state index contributed by atoms with van der Waals surface area (Å²) >= 11 is 6.23. The molecule has 0 fully saturated rings. The van der Waals surface area contributed by atoms with Crippen LogP contribution in [-0.4, -0.2) is 51.6 Å². The maximum Gasteiger partial charge on any atom is 0.268 e. The Hall–Kier alpha value is -2.22. The van der Waals surface area contributed by atoms with Crippen molar-refractivity contribution in [2.24, 2.45) is 0 Å². The fourth-order valence-electron chi connectivity index (χ4n) is 3.15. The van der Waals surface area contributed by atoms with Crippen LogP contribution in [0.25, 0.3) is 10.9 Å². The normalized spacial score (nSPS) is 11.9. The van der Waals surface area contributed by atoms with Crippen molar-refractivity contribution in [2.45, 2.75) is 18.2 Å². The lowest BCUT2D eigenvalue weighted by molar-refractivity contribution is 0.419. The standard InChI is InChI=1S/C21H26ClN3O3S/c1-5-15-6-7-20-19(10-15)21(28-4)14-25(20)29(26,27)18-12-16(22)11-17(13-18)23-8-9-24(2)3/h6-7,10-14,23H,5,8-9H2,1-4H3. The molecular weight excluding hydrogens is 410 g/mol. The molecule has 0 aliphatic rings. The van der Waals surface area contributed by atoms with E-state index in [1.54, 1.807) is 12.1 Å². The lowest BCUT2D eigenvalue weighted by Gasteiger charge is -2.13. The number of fused-ring (bicyclic) bond motifs is 1. The van der Waals surface area contributed by atoms with Gasteiger partial charge in [0.1, 0.15) is 5.75 Å². The molecule has 0 radical (unpaired) electrons. The molecule has 0 aliphatic carbocycles. The molecule has 1 aromatic heterocycles. The first kappa shape index (κ1) is 21.5. The summed E-state index contributed by atoms with van der Waals surface area (Å²) < 4.78 is 33.6. The number of hydrogen-bond donors (Lipinski definition) is 1. The molecule has 3 aromatic rings. The number of rotatable bonds is 8. The third kappa shape index (κ3) is 4.52. The van der Waals surface area contributed by atoms with Gasteiger partial charge in [0.25, 0.3) is 10.0 Å². The van der Waals surface area contributed by atoms with Gasteiger partial charge in [0.2, 0.25) is 0 Å². The monoisotopic (exact) mass is 435 g/mol. The summed E-state index contributed by atoms with van der Waals surface area (Å²) in [6, 6.07) is 10.5. The van der Waals surface area contributed by atoms with E-state index in [0.717, 1.165) is 23.9 Å². The molecule has 3 rings (SSSR count). The van der Waals surface area contributed by atoms with Crippen LogP contribution in [0.1, 0.15) is 12.5 Å². The highest BCUT2D eigenvalue weighted by molar-refractivity contribution is 7.90. The molecule has 0 bridgehead atoms. The first-order valence-electron chi connectivity index (χ1n) is 9.39. The highest BCUT2D eigenvalue weighted by atomic mass is 35.5. The first-order valence-corrected chi connectivity index (χ1v) is 11.2. The summed E-state index contributed by atoms with van der Waals surface area (Å²) in [4.78, 5) is 2.16. The molecule has 8 heteroatoms. The van der Waals surface area contributed by atoms with Gasteiger partial charge in [-0.3, -0.25) is 0 Å². The summed E-state index contributed by atoms with van der Waals surface area (Å²) in [5.74, 6) is 0.519. The van der Waals surface area contributed by atoms with E-state index in [9.17, 15) is 8.42 Å². The molecule has 0 saturated carbocycles. The number of methoxy groups -OCH3 is 1. The molecule has 1 heterocycles. The predicted molar refractivity (Wildman–Crippen MR) is 119 cm³/mol. The molecular formula is C21H26ClN3O3S. The molecule has 6 nitrogen and oxygen atoms in total. The van der Waals surface area contributed by atoms with Gasteiger partial charge in [-0.25, -0.2) is 12.4 Å². The van der Waals surface area contributed by atoms with Gasteiger partial charge < -0.3 is 15.0 Å². The molecule has 0 spiro atoms. The Balaban J connectivity index is 2.06. The van der Waals surface area contributed by atoms with Gasteiger partial charge in [0.15, 0.2) is 0 Å². The van der Waals surface area contributed by atoms with E-state index in [4.69, 9.17) is 16.3 Å². The van der Waals surface area contributed by atoms with Gasteiger partial charge in [0.05, 0.1) is 23.7 Å². The first-order chi connectivity index (χ1) is 13.8. The highest BCUT2D eigenvalue weighted by Crippen LogP contribution is 2.33. The van der Waals surface area contributed by atoms with E-state index < -0.39 is 10.0 Å². The van der Waals surface area contributed by atoms with Crippen LogP contribution in [0, 0.1) is 0 Å². The van der Waals surface area contributed by atoms with E-state index in [2.05, 4.69) is 12.2 Å². The summed E-state index contributed by atoms with van der Waals surface area (Å²) in [5, 5.41) is 4.35. The van der Waals surface area contributed by atoms with E-state index >= 15 is 0 Å². The third-order valence-electron chi connectivity index (χ3n) is 4.74. The van der Waals surface area contributed by atoms with Crippen LogP contribution >= 0.6 is 11.6 Å². The number of hydrogen-bond acceptors (Lipinski definition) is 5. The van der Waals surface area contributed by atoms with Crippen LogP contribution in [0.3, 0.4) is 0 Å². The van der Waals surface area contributed by atoms with Gasteiger partial charge in [-0.1, -0.05) is 24.6 Å². The summed E-state index contributed by atoms with van der Waals surface area (Å²) in [7, 11) is 1.63. The average molecular weight is 436 g/mol. The molecule has 2 aromatic carbocycles. The Kier molecular flexibility index (Phi) is 6.41. The van der Waals surface area contributed by atoms with E-state index in [1.165, 1.54) is 23.3 Å². The molecule has 29 heavy (non-hydrogen) atoms. The zero-order valence-electron chi connectivity index (χ0n) is 17.1. The topological polar surface area (TPSA) is 63.6 Å². The zero-order valence-corrected chi connectivity index (χ0v) is 18.6. The van der Waals surface area contributed by atoms with Crippen LogP contribution in [-0.2, 0) is 16.4 Å². The van der Waals surface area contributed by atoms with Crippen LogP contribution in [0.4, 0.5) is 5.69 Å². The highest BCUT2D eigenvalue weighted by Gasteiger charge is 2.23.